The van der Waals surface area contributed by atoms with E-state index < -0.39 is 0 Å². The van der Waals surface area contributed by atoms with Crippen molar-refractivity contribution < 1.29 is 0 Å². The summed E-state index contributed by atoms with van der Waals surface area (Å²) in [5, 5.41) is 8.09. The summed E-state index contributed by atoms with van der Waals surface area (Å²) in [6.45, 7) is 9.74. The average Bonchev–Trinajstić information content (AvgIpc) is 2.79. The predicted molar refractivity (Wildman–Crippen MR) is 88.6 cm³/mol. The third-order valence-electron chi connectivity index (χ3n) is 4.22. The summed E-state index contributed by atoms with van der Waals surface area (Å²) in [5.41, 5.74) is 6.67. The van der Waals surface area contributed by atoms with Crippen molar-refractivity contribution in [2.24, 2.45) is 7.05 Å². The highest BCUT2D eigenvalue weighted by Gasteiger charge is 2.17. The fourth-order valence-corrected chi connectivity index (χ4v) is 2.71. The van der Waals surface area contributed by atoms with E-state index in [1.54, 1.807) is 0 Å². The Morgan fingerprint density at radius 3 is 2.62 bits per heavy atom. The second-order valence-electron chi connectivity index (χ2n) is 5.95. The van der Waals surface area contributed by atoms with Crippen LogP contribution in [0.15, 0.2) is 24.4 Å². The van der Waals surface area contributed by atoms with Crippen molar-refractivity contribution in [3.8, 4) is 0 Å². The van der Waals surface area contributed by atoms with E-state index in [1.807, 2.05) is 17.9 Å². The lowest BCUT2D eigenvalue weighted by molar-refractivity contribution is 0.525. The van der Waals surface area contributed by atoms with Crippen molar-refractivity contribution in [1.82, 2.24) is 15.1 Å². The van der Waals surface area contributed by atoms with Crippen molar-refractivity contribution in [2.75, 3.05) is 6.54 Å². The molecule has 0 fully saturated rings. The highest BCUT2D eigenvalue weighted by molar-refractivity contribution is 5.33. The Morgan fingerprint density at radius 2 is 2.00 bits per heavy atom. The molecular weight excluding hydrogens is 258 g/mol. The van der Waals surface area contributed by atoms with Crippen molar-refractivity contribution in [1.29, 1.82) is 0 Å². The number of aryl methyl sites for hydroxylation is 3. The van der Waals surface area contributed by atoms with Crippen LogP contribution in [0.2, 0.25) is 0 Å². The lowest BCUT2D eigenvalue weighted by atomic mass is 9.95. The van der Waals surface area contributed by atoms with Crippen LogP contribution in [0, 0.1) is 20.8 Å². The Hall–Kier alpha value is -1.61. The summed E-state index contributed by atoms with van der Waals surface area (Å²) >= 11 is 0. The number of hydrogen-bond acceptors (Lipinski definition) is 2. The summed E-state index contributed by atoms with van der Waals surface area (Å²) in [7, 11) is 2.01. The van der Waals surface area contributed by atoms with Gasteiger partial charge in [0.05, 0.1) is 6.20 Å². The number of nitrogens with zero attached hydrogens (tertiary/aromatic N) is 2. The van der Waals surface area contributed by atoms with E-state index in [0.717, 1.165) is 19.4 Å². The molecule has 1 heterocycles. The van der Waals surface area contributed by atoms with Gasteiger partial charge in [0.1, 0.15) is 0 Å². The van der Waals surface area contributed by atoms with Gasteiger partial charge in [-0.2, -0.15) is 5.10 Å². The second kappa shape index (κ2) is 6.90. The average molecular weight is 285 g/mol. The van der Waals surface area contributed by atoms with Gasteiger partial charge < -0.3 is 5.32 Å². The van der Waals surface area contributed by atoms with E-state index in [0.29, 0.717) is 6.04 Å². The molecule has 1 N–H and O–H groups in total. The van der Waals surface area contributed by atoms with Gasteiger partial charge in [0.25, 0.3) is 0 Å². The summed E-state index contributed by atoms with van der Waals surface area (Å²) in [6.07, 6.45) is 4.16. The summed E-state index contributed by atoms with van der Waals surface area (Å²) in [6, 6.07) is 7.04. The van der Waals surface area contributed by atoms with Gasteiger partial charge >= 0.3 is 0 Å². The van der Waals surface area contributed by atoms with Gasteiger partial charge in [-0.3, -0.25) is 4.68 Å². The zero-order valence-corrected chi connectivity index (χ0v) is 13.9. The topological polar surface area (TPSA) is 29.9 Å². The molecule has 21 heavy (non-hydrogen) atoms. The normalized spacial score (nSPS) is 12.6. The van der Waals surface area contributed by atoms with Crippen LogP contribution in [0.25, 0.3) is 0 Å². The van der Waals surface area contributed by atoms with E-state index in [-0.39, 0.29) is 0 Å². The SMILES string of the molecule is CCCNC(Cc1cc(C)ccc1C)c1cnn(C)c1C. The van der Waals surface area contributed by atoms with Gasteiger partial charge in [-0.25, -0.2) is 0 Å². The minimum atomic E-state index is 0.333. The van der Waals surface area contributed by atoms with Crippen LogP contribution < -0.4 is 5.32 Å². The maximum atomic E-state index is 4.40. The van der Waals surface area contributed by atoms with Crippen LogP contribution in [0.5, 0.6) is 0 Å². The van der Waals surface area contributed by atoms with Crippen molar-refractivity contribution in [3.63, 3.8) is 0 Å². The smallest absolute Gasteiger partial charge is 0.0540 e. The molecule has 0 aliphatic rings. The Balaban J connectivity index is 2.28. The fraction of sp³-hybridized carbons (Fsp3) is 0.500. The first-order chi connectivity index (χ1) is 10.0. The minimum Gasteiger partial charge on any atom is -0.310 e. The van der Waals surface area contributed by atoms with Crippen molar-refractivity contribution in [3.05, 3.63) is 52.3 Å². The molecule has 0 radical (unpaired) electrons. The molecule has 114 valence electrons. The van der Waals surface area contributed by atoms with Gasteiger partial charge in [0.15, 0.2) is 0 Å². The van der Waals surface area contributed by atoms with E-state index in [2.05, 4.69) is 56.3 Å². The zero-order valence-electron chi connectivity index (χ0n) is 13.9. The van der Waals surface area contributed by atoms with Crippen LogP contribution in [0.4, 0.5) is 0 Å². The monoisotopic (exact) mass is 285 g/mol. The fourth-order valence-electron chi connectivity index (χ4n) is 2.71. The number of nitrogens with one attached hydrogen (secondary N) is 1. The first kappa shape index (κ1) is 15.8. The van der Waals surface area contributed by atoms with Gasteiger partial charge in [0.2, 0.25) is 0 Å². The molecule has 0 aliphatic heterocycles. The lowest BCUT2D eigenvalue weighted by Gasteiger charge is -2.20. The highest BCUT2D eigenvalue weighted by Crippen LogP contribution is 2.23. The molecule has 2 rings (SSSR count). The van der Waals surface area contributed by atoms with Gasteiger partial charge in [-0.1, -0.05) is 30.7 Å². The lowest BCUT2D eigenvalue weighted by Crippen LogP contribution is -2.25. The van der Waals surface area contributed by atoms with Crippen molar-refractivity contribution >= 4 is 0 Å². The Morgan fingerprint density at radius 1 is 1.24 bits per heavy atom. The number of benzene rings is 1. The Labute approximate surface area is 128 Å². The molecule has 0 aliphatic carbocycles. The van der Waals surface area contributed by atoms with Crippen LogP contribution in [0.1, 0.15) is 47.3 Å². The summed E-state index contributed by atoms with van der Waals surface area (Å²) in [5.74, 6) is 0. The molecule has 0 spiro atoms. The number of rotatable bonds is 6. The first-order valence-corrected chi connectivity index (χ1v) is 7.81. The molecule has 0 saturated carbocycles. The molecule has 1 atom stereocenters. The number of hydrogen-bond donors (Lipinski definition) is 1. The maximum Gasteiger partial charge on any atom is 0.0540 e. The van der Waals surface area contributed by atoms with E-state index in [1.165, 1.54) is 27.9 Å². The molecule has 3 heteroatoms. The summed E-state index contributed by atoms with van der Waals surface area (Å²) in [4.78, 5) is 0. The third-order valence-corrected chi connectivity index (χ3v) is 4.22. The standard InChI is InChI=1S/C18H27N3/c1-6-9-19-18(17-12-20-21(5)15(17)4)11-16-10-13(2)7-8-14(16)3/h7-8,10,12,18-19H,6,9,11H2,1-5H3. The maximum absolute atomic E-state index is 4.40. The molecular formula is C18H27N3. The zero-order chi connectivity index (χ0) is 15.4. The molecule has 0 saturated heterocycles. The molecule has 2 aromatic rings. The van der Waals surface area contributed by atoms with Gasteiger partial charge in [-0.15, -0.1) is 0 Å². The molecule has 1 unspecified atom stereocenters. The van der Waals surface area contributed by atoms with Crippen molar-refractivity contribution in [2.45, 2.75) is 46.6 Å². The van der Waals surface area contributed by atoms with E-state index in [4.69, 9.17) is 0 Å². The predicted octanol–water partition coefficient (Wildman–Crippen LogP) is 3.63. The molecule has 1 aromatic heterocycles. The van der Waals surface area contributed by atoms with E-state index in [9.17, 15) is 0 Å². The second-order valence-corrected chi connectivity index (χ2v) is 5.95. The van der Waals surface area contributed by atoms with Crippen LogP contribution in [-0.4, -0.2) is 16.3 Å². The van der Waals surface area contributed by atoms with Crippen LogP contribution in [0.3, 0.4) is 0 Å². The van der Waals surface area contributed by atoms with Gasteiger partial charge in [-0.05, 0) is 51.3 Å². The largest absolute Gasteiger partial charge is 0.310 e. The van der Waals surface area contributed by atoms with Crippen LogP contribution in [-0.2, 0) is 13.5 Å². The number of aromatic nitrogens is 2. The van der Waals surface area contributed by atoms with Gasteiger partial charge in [0, 0.05) is 24.3 Å². The first-order valence-electron chi connectivity index (χ1n) is 7.81. The summed E-state index contributed by atoms with van der Waals surface area (Å²) < 4.78 is 1.96. The third kappa shape index (κ3) is 3.73. The minimum absolute atomic E-state index is 0.333. The van der Waals surface area contributed by atoms with Crippen LogP contribution >= 0.6 is 0 Å². The molecule has 0 amide bonds. The van der Waals surface area contributed by atoms with E-state index >= 15 is 0 Å². The molecule has 1 aromatic carbocycles. The molecule has 0 bridgehead atoms. The highest BCUT2D eigenvalue weighted by atomic mass is 15.3. The molecule has 3 nitrogen and oxygen atoms in total. The quantitative estimate of drug-likeness (QED) is 0.878. The Bertz CT molecular complexity index is 599. The Kier molecular flexibility index (Phi) is 5.18.